The molecule has 6 aromatic rings. The fourth-order valence-corrected chi connectivity index (χ4v) is 5.74. The highest BCUT2D eigenvalue weighted by atomic mass is 16.1. The van der Waals surface area contributed by atoms with E-state index in [2.05, 4.69) is 84.1 Å². The van der Waals surface area contributed by atoms with Gasteiger partial charge in [-0.3, -0.25) is 9.78 Å². The summed E-state index contributed by atoms with van der Waals surface area (Å²) in [6.07, 6.45) is 6.21. The Balaban J connectivity index is 1.55. The van der Waals surface area contributed by atoms with Gasteiger partial charge < -0.3 is 15.3 Å². The van der Waals surface area contributed by atoms with Gasteiger partial charge in [-0.2, -0.15) is 0 Å². The second-order valence-electron chi connectivity index (χ2n) is 10.8. The van der Waals surface area contributed by atoms with Crippen molar-refractivity contribution in [1.29, 1.82) is 0 Å². The summed E-state index contributed by atoms with van der Waals surface area (Å²) >= 11 is 0. The number of hydrogen-bond donors (Lipinski definition) is 2. The quantitative estimate of drug-likeness (QED) is 0.217. The first-order chi connectivity index (χ1) is 20.5. The number of nitrogens with zero attached hydrogens (tertiary/aromatic N) is 4. The van der Waals surface area contributed by atoms with Gasteiger partial charge in [-0.1, -0.05) is 79.7 Å². The monoisotopic (exact) mass is 554 g/mol. The fourth-order valence-electron chi connectivity index (χ4n) is 5.74. The van der Waals surface area contributed by atoms with E-state index in [1.165, 1.54) is 11.1 Å². The van der Waals surface area contributed by atoms with Crippen molar-refractivity contribution >= 4 is 16.8 Å². The number of benzene rings is 3. The van der Waals surface area contributed by atoms with Crippen LogP contribution in [0, 0.1) is 0 Å². The maximum absolute atomic E-state index is 12.3. The molecule has 0 saturated carbocycles. The number of H-pyrrole nitrogens is 1. The van der Waals surface area contributed by atoms with E-state index in [1.807, 2.05) is 24.4 Å². The van der Waals surface area contributed by atoms with E-state index in [0.717, 1.165) is 52.9 Å². The Hall–Kier alpha value is -5.04. The first kappa shape index (κ1) is 27.1. The van der Waals surface area contributed by atoms with Crippen molar-refractivity contribution in [1.82, 2.24) is 24.7 Å². The number of carbonyl (C=O) groups excluding carboxylic acids is 1. The number of fused-ring (bicyclic) bond motifs is 1. The van der Waals surface area contributed by atoms with Crippen molar-refractivity contribution in [2.24, 2.45) is 5.73 Å². The Kier molecular flexibility index (Phi) is 7.40. The molecule has 3 N–H and O–H groups in total. The topological polar surface area (TPSA) is 102 Å². The number of pyridine rings is 1. The van der Waals surface area contributed by atoms with Gasteiger partial charge in [-0.25, -0.2) is 0 Å². The van der Waals surface area contributed by atoms with Crippen LogP contribution in [0.2, 0.25) is 0 Å². The molecule has 0 aliphatic rings. The van der Waals surface area contributed by atoms with E-state index in [9.17, 15) is 4.79 Å². The van der Waals surface area contributed by atoms with Gasteiger partial charge in [0.1, 0.15) is 11.6 Å². The normalized spacial score (nSPS) is 12.8. The van der Waals surface area contributed by atoms with Crippen LogP contribution in [-0.2, 0) is 31.2 Å². The molecule has 0 saturated heterocycles. The lowest BCUT2D eigenvalue weighted by Gasteiger charge is -2.29. The molecule has 0 fully saturated rings. The maximum atomic E-state index is 12.3. The highest BCUT2D eigenvalue weighted by Crippen LogP contribution is 2.41. The van der Waals surface area contributed by atoms with Crippen LogP contribution in [-0.4, -0.2) is 30.6 Å². The summed E-state index contributed by atoms with van der Waals surface area (Å²) in [5.74, 6) is 1.15. The van der Waals surface area contributed by atoms with Gasteiger partial charge in [0.2, 0.25) is 5.91 Å². The molecule has 1 atom stereocenters. The summed E-state index contributed by atoms with van der Waals surface area (Å²) in [6, 6.07) is 30.8. The van der Waals surface area contributed by atoms with Crippen LogP contribution in [0.1, 0.15) is 63.8 Å². The summed E-state index contributed by atoms with van der Waals surface area (Å²) in [6.45, 7) is 4.87. The number of aromatic amines is 1. The first-order valence-corrected chi connectivity index (χ1v) is 14.3. The number of aryl methyl sites for hydroxylation is 3. The number of primary amides is 1. The van der Waals surface area contributed by atoms with Crippen molar-refractivity contribution in [2.45, 2.75) is 45.1 Å². The van der Waals surface area contributed by atoms with Crippen LogP contribution in [0.15, 0.2) is 103 Å². The largest absolute Gasteiger partial charge is 0.366 e. The Morgan fingerprint density at radius 2 is 1.62 bits per heavy atom. The van der Waals surface area contributed by atoms with Crippen LogP contribution in [0.3, 0.4) is 0 Å². The van der Waals surface area contributed by atoms with Gasteiger partial charge >= 0.3 is 0 Å². The molecular weight excluding hydrogens is 520 g/mol. The maximum Gasteiger partial charge on any atom is 0.248 e. The Labute approximate surface area is 245 Å². The molecule has 3 aromatic carbocycles. The Morgan fingerprint density at radius 3 is 2.38 bits per heavy atom. The highest BCUT2D eigenvalue weighted by molar-refractivity contribution is 5.93. The van der Waals surface area contributed by atoms with Crippen molar-refractivity contribution in [3.8, 4) is 0 Å². The number of carbonyl (C=O) groups is 1. The second kappa shape index (κ2) is 11.4. The number of aromatic nitrogens is 5. The standard InChI is InChI=1S/C35H34N6O/c1-3-24-13-15-26(16-14-24)23-41-32(18-17-25-9-5-4-6-10-25)39-40-34(41)35(2,31-21-27(33(36)42)19-20-37-31)29-22-38-30-12-8-7-11-28(29)30/h4-16,19-22,38H,3,17-18,23H2,1-2H3,(H2,36,42)/t35-/m1/s1. The smallest absolute Gasteiger partial charge is 0.248 e. The zero-order valence-corrected chi connectivity index (χ0v) is 23.9. The van der Waals surface area contributed by atoms with Crippen LogP contribution in [0.25, 0.3) is 10.9 Å². The summed E-state index contributed by atoms with van der Waals surface area (Å²) < 4.78 is 2.23. The number of para-hydroxylation sites is 1. The van der Waals surface area contributed by atoms with Gasteiger partial charge in [0.05, 0.1) is 17.7 Å². The van der Waals surface area contributed by atoms with Crippen LogP contribution < -0.4 is 5.73 Å². The van der Waals surface area contributed by atoms with Gasteiger partial charge in [-0.05, 0) is 60.2 Å². The molecule has 0 unspecified atom stereocenters. The van der Waals surface area contributed by atoms with Crippen molar-refractivity contribution < 1.29 is 4.79 Å². The summed E-state index contributed by atoms with van der Waals surface area (Å²) in [5.41, 5.74) is 11.7. The summed E-state index contributed by atoms with van der Waals surface area (Å²) in [5, 5.41) is 10.7. The minimum Gasteiger partial charge on any atom is -0.366 e. The molecule has 7 heteroatoms. The molecule has 0 spiro atoms. The van der Waals surface area contributed by atoms with Gasteiger partial charge in [0, 0.05) is 35.3 Å². The van der Waals surface area contributed by atoms with E-state index < -0.39 is 11.3 Å². The number of nitrogens with two attached hydrogens (primary N) is 1. The van der Waals surface area contributed by atoms with Crippen molar-refractivity contribution in [3.05, 3.63) is 149 Å². The van der Waals surface area contributed by atoms with Crippen molar-refractivity contribution in [3.63, 3.8) is 0 Å². The van der Waals surface area contributed by atoms with Gasteiger partial charge in [0.15, 0.2) is 0 Å². The van der Waals surface area contributed by atoms with Crippen molar-refractivity contribution in [2.75, 3.05) is 0 Å². The zero-order valence-electron chi connectivity index (χ0n) is 23.9. The van der Waals surface area contributed by atoms with Crippen LogP contribution in [0.5, 0.6) is 0 Å². The van der Waals surface area contributed by atoms with E-state index in [0.29, 0.717) is 17.8 Å². The van der Waals surface area contributed by atoms with Gasteiger partial charge in [0.25, 0.3) is 0 Å². The predicted octanol–water partition coefficient (Wildman–Crippen LogP) is 6.00. The van der Waals surface area contributed by atoms with E-state index in [4.69, 9.17) is 20.9 Å². The minimum absolute atomic E-state index is 0.400. The summed E-state index contributed by atoms with van der Waals surface area (Å²) in [4.78, 5) is 20.5. The number of hydrogen-bond acceptors (Lipinski definition) is 4. The molecule has 7 nitrogen and oxygen atoms in total. The molecule has 0 aliphatic carbocycles. The molecule has 3 heterocycles. The minimum atomic E-state index is -0.855. The molecule has 1 amide bonds. The lowest BCUT2D eigenvalue weighted by Crippen LogP contribution is -2.32. The average molecular weight is 555 g/mol. The average Bonchev–Trinajstić information content (AvgIpc) is 3.65. The zero-order chi connectivity index (χ0) is 29.1. The third-order valence-electron chi connectivity index (χ3n) is 8.21. The van der Waals surface area contributed by atoms with E-state index in [1.54, 1.807) is 18.3 Å². The summed E-state index contributed by atoms with van der Waals surface area (Å²) in [7, 11) is 0. The molecule has 0 aliphatic heterocycles. The number of nitrogens with one attached hydrogen (secondary N) is 1. The fraction of sp³-hybridized carbons (Fsp3) is 0.200. The van der Waals surface area contributed by atoms with Crippen LogP contribution >= 0.6 is 0 Å². The lowest BCUT2D eigenvalue weighted by molar-refractivity contribution is 0.1000. The number of rotatable bonds is 10. The highest BCUT2D eigenvalue weighted by Gasteiger charge is 2.40. The Morgan fingerprint density at radius 1 is 0.881 bits per heavy atom. The van der Waals surface area contributed by atoms with E-state index >= 15 is 0 Å². The first-order valence-electron chi connectivity index (χ1n) is 14.3. The molecule has 6 rings (SSSR count). The molecule has 42 heavy (non-hydrogen) atoms. The lowest BCUT2D eigenvalue weighted by atomic mass is 9.77. The SMILES string of the molecule is CCc1ccc(Cn2c(CCc3ccccc3)nnc2[C@@](C)(c2cc(C(N)=O)ccn2)c2c[nH]c3ccccc23)cc1. The third-order valence-corrected chi connectivity index (χ3v) is 8.21. The molecule has 210 valence electrons. The third kappa shape index (κ3) is 5.09. The Bertz CT molecular complexity index is 1840. The van der Waals surface area contributed by atoms with Crippen LogP contribution in [0.4, 0.5) is 0 Å². The second-order valence-corrected chi connectivity index (χ2v) is 10.8. The molecule has 3 aromatic heterocycles. The molecule has 0 bridgehead atoms. The molecule has 0 radical (unpaired) electrons. The molecular formula is C35H34N6O. The predicted molar refractivity (Wildman–Crippen MR) is 165 cm³/mol. The van der Waals surface area contributed by atoms with Gasteiger partial charge in [-0.15, -0.1) is 10.2 Å². The van der Waals surface area contributed by atoms with E-state index in [-0.39, 0.29) is 0 Å². The number of amides is 1.